The molecule has 4 heteroatoms. The molecule has 1 heterocycles. The van der Waals surface area contributed by atoms with E-state index in [4.69, 9.17) is 10.00 Å². The van der Waals surface area contributed by atoms with E-state index in [1.54, 1.807) is 19.4 Å². The van der Waals surface area contributed by atoms with E-state index in [2.05, 4.69) is 22.4 Å². The lowest BCUT2D eigenvalue weighted by atomic mass is 10.1. The maximum atomic E-state index is 8.78. The number of nitrogens with one attached hydrogen (secondary N) is 1. The minimum Gasteiger partial charge on any atom is -0.496 e. The lowest BCUT2D eigenvalue weighted by Gasteiger charge is -2.15. The number of benzene rings is 1. The Hall–Kier alpha value is -2.54. The molecule has 0 saturated heterocycles. The summed E-state index contributed by atoms with van der Waals surface area (Å²) in [4.78, 5) is 4.26. The van der Waals surface area contributed by atoms with Crippen molar-refractivity contribution in [3.8, 4) is 11.8 Å². The van der Waals surface area contributed by atoms with Crippen LogP contribution in [0.25, 0.3) is 0 Å². The number of hydrogen-bond donors (Lipinski definition) is 1. The fourth-order valence-corrected chi connectivity index (χ4v) is 2.69. The summed E-state index contributed by atoms with van der Waals surface area (Å²) in [7, 11) is 1.71. The summed E-state index contributed by atoms with van der Waals surface area (Å²) >= 11 is 0. The number of methoxy groups -OCH3 is 1. The summed E-state index contributed by atoms with van der Waals surface area (Å²) in [6.45, 7) is 0. The number of anilines is 1. The first kappa shape index (κ1) is 12.5. The smallest absolute Gasteiger partial charge is 0.126 e. The standard InChI is InChI=1S/C16H15N3O/c1-20-15-4-2-3-12-13(15)6-7-14(12)19-16-8-5-11(9-17)10-18-16/h2-5,8,10,14H,6-7H2,1H3,(H,18,19). The highest BCUT2D eigenvalue weighted by atomic mass is 16.5. The molecule has 1 N–H and O–H groups in total. The van der Waals surface area contributed by atoms with E-state index in [0.717, 1.165) is 24.4 Å². The molecule has 0 bridgehead atoms. The van der Waals surface area contributed by atoms with Crippen molar-refractivity contribution in [1.29, 1.82) is 5.26 Å². The van der Waals surface area contributed by atoms with Gasteiger partial charge in [0.2, 0.25) is 0 Å². The van der Waals surface area contributed by atoms with E-state index in [0.29, 0.717) is 5.56 Å². The van der Waals surface area contributed by atoms with Gasteiger partial charge >= 0.3 is 0 Å². The van der Waals surface area contributed by atoms with Crippen LogP contribution in [0.2, 0.25) is 0 Å². The molecule has 1 aliphatic carbocycles. The van der Waals surface area contributed by atoms with E-state index in [-0.39, 0.29) is 6.04 Å². The maximum Gasteiger partial charge on any atom is 0.126 e. The van der Waals surface area contributed by atoms with Gasteiger partial charge in [-0.15, -0.1) is 0 Å². The first-order valence-electron chi connectivity index (χ1n) is 6.60. The highest BCUT2D eigenvalue weighted by Gasteiger charge is 2.25. The second-order valence-electron chi connectivity index (χ2n) is 4.81. The third kappa shape index (κ3) is 2.19. The number of hydrogen-bond acceptors (Lipinski definition) is 4. The van der Waals surface area contributed by atoms with Crippen LogP contribution in [-0.2, 0) is 6.42 Å². The van der Waals surface area contributed by atoms with Crippen LogP contribution in [0, 0.1) is 11.3 Å². The fraction of sp³-hybridized carbons (Fsp3) is 0.250. The van der Waals surface area contributed by atoms with E-state index in [1.807, 2.05) is 18.2 Å². The summed E-state index contributed by atoms with van der Waals surface area (Å²) in [5, 5.41) is 12.2. The molecule has 1 unspecified atom stereocenters. The van der Waals surface area contributed by atoms with Gasteiger partial charge in [0.25, 0.3) is 0 Å². The predicted octanol–water partition coefficient (Wildman–Crippen LogP) is 3.06. The Morgan fingerprint density at radius 2 is 2.25 bits per heavy atom. The van der Waals surface area contributed by atoms with Gasteiger partial charge in [-0.05, 0) is 42.2 Å². The molecule has 1 aliphatic rings. The second-order valence-corrected chi connectivity index (χ2v) is 4.81. The van der Waals surface area contributed by atoms with Gasteiger partial charge in [-0.25, -0.2) is 4.98 Å². The molecule has 0 spiro atoms. The normalized spacial score (nSPS) is 16.3. The molecule has 0 aliphatic heterocycles. The summed E-state index contributed by atoms with van der Waals surface area (Å²) < 4.78 is 5.41. The Labute approximate surface area is 118 Å². The molecular formula is C16H15N3O. The highest BCUT2D eigenvalue weighted by molar-refractivity contribution is 5.49. The van der Waals surface area contributed by atoms with E-state index < -0.39 is 0 Å². The van der Waals surface area contributed by atoms with Gasteiger partial charge in [0.1, 0.15) is 17.6 Å². The second kappa shape index (κ2) is 5.22. The van der Waals surface area contributed by atoms with E-state index in [1.165, 1.54) is 11.1 Å². The van der Waals surface area contributed by atoms with Crippen molar-refractivity contribution in [3.05, 3.63) is 53.2 Å². The molecule has 4 nitrogen and oxygen atoms in total. The Kier molecular flexibility index (Phi) is 3.26. The minimum absolute atomic E-state index is 0.250. The van der Waals surface area contributed by atoms with Crippen molar-refractivity contribution < 1.29 is 4.74 Å². The molecule has 1 aromatic heterocycles. The van der Waals surface area contributed by atoms with Crippen molar-refractivity contribution in [2.45, 2.75) is 18.9 Å². The maximum absolute atomic E-state index is 8.78. The number of fused-ring (bicyclic) bond motifs is 1. The molecule has 100 valence electrons. The van der Waals surface area contributed by atoms with Gasteiger partial charge in [-0.1, -0.05) is 12.1 Å². The number of aromatic nitrogens is 1. The van der Waals surface area contributed by atoms with Crippen molar-refractivity contribution in [2.75, 3.05) is 12.4 Å². The van der Waals surface area contributed by atoms with Crippen molar-refractivity contribution in [2.24, 2.45) is 0 Å². The van der Waals surface area contributed by atoms with Crippen molar-refractivity contribution in [3.63, 3.8) is 0 Å². The van der Waals surface area contributed by atoms with Crippen LogP contribution in [0.15, 0.2) is 36.5 Å². The SMILES string of the molecule is COc1cccc2c1CCC2Nc1ccc(C#N)cn1. The van der Waals surface area contributed by atoms with E-state index in [9.17, 15) is 0 Å². The average molecular weight is 265 g/mol. The molecule has 2 aromatic rings. The Bertz CT molecular complexity index is 658. The van der Waals surface area contributed by atoms with Crippen molar-refractivity contribution in [1.82, 2.24) is 4.98 Å². The van der Waals surface area contributed by atoms with Gasteiger partial charge in [0.15, 0.2) is 0 Å². The molecule has 3 rings (SSSR count). The van der Waals surface area contributed by atoms with Crippen LogP contribution in [0.3, 0.4) is 0 Å². The third-order valence-electron chi connectivity index (χ3n) is 3.66. The van der Waals surface area contributed by atoms with E-state index >= 15 is 0 Å². The Morgan fingerprint density at radius 3 is 2.95 bits per heavy atom. The number of rotatable bonds is 3. The third-order valence-corrected chi connectivity index (χ3v) is 3.66. The summed E-state index contributed by atoms with van der Waals surface area (Å²) in [6.07, 6.45) is 3.62. The molecule has 1 atom stereocenters. The van der Waals surface area contributed by atoms with Gasteiger partial charge in [0.05, 0.1) is 18.7 Å². The Balaban J connectivity index is 1.83. The van der Waals surface area contributed by atoms with Crippen LogP contribution in [0.5, 0.6) is 5.75 Å². The average Bonchev–Trinajstić information content (AvgIpc) is 2.91. The van der Waals surface area contributed by atoms with Gasteiger partial charge < -0.3 is 10.1 Å². The number of nitriles is 1. The van der Waals surface area contributed by atoms with Crippen LogP contribution in [-0.4, -0.2) is 12.1 Å². The fourth-order valence-electron chi connectivity index (χ4n) is 2.69. The van der Waals surface area contributed by atoms with Crippen LogP contribution in [0.4, 0.5) is 5.82 Å². The molecule has 1 aromatic carbocycles. The van der Waals surface area contributed by atoms with Crippen LogP contribution < -0.4 is 10.1 Å². The predicted molar refractivity (Wildman–Crippen MR) is 76.6 cm³/mol. The molecule has 0 fully saturated rings. The van der Waals surface area contributed by atoms with Crippen LogP contribution in [0.1, 0.15) is 29.2 Å². The molecule has 0 radical (unpaired) electrons. The molecular weight excluding hydrogens is 250 g/mol. The summed E-state index contributed by atoms with van der Waals surface area (Å²) in [5.74, 6) is 1.75. The minimum atomic E-state index is 0.250. The molecule has 20 heavy (non-hydrogen) atoms. The first-order chi connectivity index (χ1) is 9.81. The summed E-state index contributed by atoms with van der Waals surface area (Å²) in [5.41, 5.74) is 3.13. The number of ether oxygens (including phenoxy) is 1. The summed E-state index contributed by atoms with van der Waals surface area (Å²) in [6, 6.07) is 12.1. The lowest BCUT2D eigenvalue weighted by molar-refractivity contribution is 0.410. The zero-order chi connectivity index (χ0) is 13.9. The quantitative estimate of drug-likeness (QED) is 0.926. The highest BCUT2D eigenvalue weighted by Crippen LogP contribution is 2.38. The van der Waals surface area contributed by atoms with Crippen LogP contribution >= 0.6 is 0 Å². The van der Waals surface area contributed by atoms with Gasteiger partial charge in [0, 0.05) is 6.20 Å². The topological polar surface area (TPSA) is 57.9 Å². The first-order valence-corrected chi connectivity index (χ1v) is 6.60. The molecule has 0 saturated carbocycles. The van der Waals surface area contributed by atoms with Gasteiger partial charge in [-0.3, -0.25) is 0 Å². The largest absolute Gasteiger partial charge is 0.496 e. The zero-order valence-electron chi connectivity index (χ0n) is 11.3. The number of pyridine rings is 1. The zero-order valence-corrected chi connectivity index (χ0v) is 11.3. The van der Waals surface area contributed by atoms with Crippen molar-refractivity contribution >= 4 is 5.82 Å². The molecule has 0 amide bonds. The van der Waals surface area contributed by atoms with Gasteiger partial charge in [-0.2, -0.15) is 5.26 Å². The number of nitrogens with zero attached hydrogens (tertiary/aromatic N) is 2. The monoisotopic (exact) mass is 265 g/mol. The lowest BCUT2D eigenvalue weighted by Crippen LogP contribution is -2.08. The Morgan fingerprint density at radius 1 is 1.35 bits per heavy atom.